The van der Waals surface area contributed by atoms with Crippen LogP contribution in [0.15, 0.2) is 66.8 Å². The highest BCUT2D eigenvalue weighted by molar-refractivity contribution is 5.90. The minimum absolute atomic E-state index is 0.578. The van der Waals surface area contributed by atoms with Crippen molar-refractivity contribution in [2.45, 2.75) is 31.3 Å². The Morgan fingerprint density at radius 3 is 2.57 bits per heavy atom. The summed E-state index contributed by atoms with van der Waals surface area (Å²) in [5.41, 5.74) is 6.12. The van der Waals surface area contributed by atoms with Crippen LogP contribution in [0.2, 0.25) is 0 Å². The summed E-state index contributed by atoms with van der Waals surface area (Å²) in [4.78, 5) is 14.5. The van der Waals surface area contributed by atoms with Gasteiger partial charge in [0, 0.05) is 73.0 Å². The number of likely N-dealkylation sites (tertiary alicyclic amines) is 1. The van der Waals surface area contributed by atoms with Crippen LogP contribution in [-0.4, -0.2) is 56.9 Å². The van der Waals surface area contributed by atoms with Gasteiger partial charge in [-0.2, -0.15) is 5.10 Å². The van der Waals surface area contributed by atoms with E-state index in [1.165, 1.54) is 23.3 Å². The highest BCUT2D eigenvalue weighted by atomic mass is 15.4. The van der Waals surface area contributed by atoms with E-state index in [1.807, 2.05) is 36.5 Å². The van der Waals surface area contributed by atoms with Gasteiger partial charge in [0.1, 0.15) is 11.6 Å². The Bertz CT molecular complexity index is 1460. The van der Waals surface area contributed by atoms with Crippen molar-refractivity contribution in [1.82, 2.24) is 24.6 Å². The van der Waals surface area contributed by atoms with Crippen molar-refractivity contribution in [2.24, 2.45) is 7.05 Å². The summed E-state index contributed by atoms with van der Waals surface area (Å²) in [6, 6.07) is 14.2. The molecule has 3 aliphatic rings. The summed E-state index contributed by atoms with van der Waals surface area (Å²) in [7, 11) is 4.18. The fourth-order valence-corrected chi connectivity index (χ4v) is 5.64. The molecule has 1 saturated carbocycles. The van der Waals surface area contributed by atoms with Gasteiger partial charge in [-0.05, 0) is 67.1 Å². The Balaban J connectivity index is 1.18. The normalized spacial score (nSPS) is 21.2. The van der Waals surface area contributed by atoms with Crippen LogP contribution in [0.5, 0.6) is 0 Å². The molecule has 1 aliphatic carbocycles. The second kappa shape index (κ2) is 7.92. The zero-order chi connectivity index (χ0) is 23.5. The van der Waals surface area contributed by atoms with Gasteiger partial charge in [-0.1, -0.05) is 12.1 Å². The number of hydrogen-bond acceptors (Lipinski definition) is 6. The van der Waals surface area contributed by atoms with Crippen LogP contribution < -0.4 is 10.2 Å². The topological polar surface area (TPSA) is 62.1 Å². The number of nitrogens with zero attached hydrogens (tertiary/aromatic N) is 6. The number of aryl methyl sites for hydroxylation is 1. The highest BCUT2D eigenvalue weighted by Gasteiger charge is 2.42. The quantitative estimate of drug-likeness (QED) is 0.469. The summed E-state index contributed by atoms with van der Waals surface area (Å²) < 4.78 is 1.83. The molecule has 0 spiro atoms. The predicted molar refractivity (Wildman–Crippen MR) is 140 cm³/mol. The van der Waals surface area contributed by atoms with E-state index in [9.17, 15) is 0 Å². The molecule has 3 aromatic heterocycles. The molecular weight excluding hydrogens is 434 g/mol. The largest absolute Gasteiger partial charge is 0.351 e. The lowest BCUT2D eigenvalue weighted by molar-refractivity contribution is 0.292. The smallest absolute Gasteiger partial charge is 0.130 e. The number of pyridine rings is 2. The van der Waals surface area contributed by atoms with Crippen molar-refractivity contribution in [3.63, 3.8) is 0 Å². The molecule has 1 N–H and O–H groups in total. The average Bonchev–Trinajstić information content (AvgIpc) is 3.32. The first-order valence-corrected chi connectivity index (χ1v) is 12.4. The number of fused-ring (bicyclic) bond motifs is 3. The van der Waals surface area contributed by atoms with Crippen molar-refractivity contribution >= 4 is 28.1 Å². The number of nitrogens with one attached hydrogen (secondary N) is 1. The fourth-order valence-electron chi connectivity index (χ4n) is 5.64. The van der Waals surface area contributed by atoms with Crippen LogP contribution in [-0.2, 0) is 7.05 Å². The van der Waals surface area contributed by atoms with Crippen LogP contribution in [0.3, 0.4) is 0 Å². The maximum Gasteiger partial charge on any atom is 0.130 e. The molecule has 5 heterocycles. The number of likely N-dealkylation sites (N-methyl/N-ethyl adjacent to an activating group) is 1. The third-order valence-electron chi connectivity index (χ3n) is 7.71. The number of piperazine rings is 1. The summed E-state index contributed by atoms with van der Waals surface area (Å²) in [6.45, 7) is 2.20. The summed E-state index contributed by atoms with van der Waals surface area (Å²) in [5, 5.41) is 10.3. The number of aromatic nitrogens is 4. The molecule has 2 saturated heterocycles. The molecule has 1 aromatic carbocycles. The third-order valence-corrected chi connectivity index (χ3v) is 7.71. The van der Waals surface area contributed by atoms with E-state index in [2.05, 4.69) is 63.7 Å². The zero-order valence-electron chi connectivity index (χ0n) is 20.1. The molecule has 2 atom stereocenters. The Hall–Kier alpha value is -3.71. The number of rotatable bonds is 5. The minimum atomic E-state index is 0.578. The van der Waals surface area contributed by atoms with Gasteiger partial charge in [0.25, 0.3) is 0 Å². The number of benzene rings is 1. The van der Waals surface area contributed by atoms with E-state index < -0.39 is 0 Å². The van der Waals surface area contributed by atoms with Crippen LogP contribution in [0.4, 0.5) is 11.6 Å². The van der Waals surface area contributed by atoms with Gasteiger partial charge in [0.15, 0.2) is 0 Å². The monoisotopic (exact) mass is 463 g/mol. The third kappa shape index (κ3) is 3.76. The van der Waals surface area contributed by atoms with Gasteiger partial charge < -0.3 is 10.2 Å². The molecule has 2 bridgehead atoms. The van der Waals surface area contributed by atoms with Crippen molar-refractivity contribution in [3.05, 3.63) is 72.3 Å². The minimum Gasteiger partial charge on any atom is -0.351 e. The van der Waals surface area contributed by atoms with Crippen molar-refractivity contribution in [1.29, 1.82) is 0 Å². The van der Waals surface area contributed by atoms with E-state index in [4.69, 9.17) is 9.97 Å². The summed E-state index contributed by atoms with van der Waals surface area (Å²) in [5.74, 6) is 1.96. The van der Waals surface area contributed by atoms with Gasteiger partial charge in [0.05, 0.1) is 6.20 Å². The molecule has 2 unspecified atom stereocenters. The molecular formula is C28H29N7. The lowest BCUT2D eigenvalue weighted by Crippen LogP contribution is -2.44. The summed E-state index contributed by atoms with van der Waals surface area (Å²) >= 11 is 0. The molecule has 2 aliphatic heterocycles. The van der Waals surface area contributed by atoms with E-state index in [0.29, 0.717) is 12.1 Å². The lowest BCUT2D eigenvalue weighted by Gasteiger charge is -2.33. The van der Waals surface area contributed by atoms with Gasteiger partial charge in [-0.3, -0.25) is 9.58 Å². The number of anilines is 2. The molecule has 4 aromatic rings. The summed E-state index contributed by atoms with van der Waals surface area (Å²) in [6.07, 6.45) is 11.4. The van der Waals surface area contributed by atoms with Crippen molar-refractivity contribution in [2.75, 3.05) is 30.4 Å². The highest BCUT2D eigenvalue weighted by Crippen LogP contribution is 2.39. The first kappa shape index (κ1) is 20.6. The SMILES string of the molecule is CN1CC2CC1CN2c1cc(C(Nc2cc3cc(-c4cnn(C)c4)ccc3cn2)=C2CC2)ccn1. The zero-order valence-corrected chi connectivity index (χ0v) is 20.1. The van der Waals surface area contributed by atoms with Crippen LogP contribution in [0.25, 0.3) is 27.6 Å². The molecule has 35 heavy (non-hydrogen) atoms. The fraction of sp³-hybridized carbons (Fsp3) is 0.321. The standard InChI is InChI=1S/C28H29N7/c1-33-16-25-12-24(33)17-35(25)27-11-20(7-8-29-27)28(18-3-4-18)32-26-10-22-9-19(5-6-21(22)13-30-26)23-14-31-34(2)15-23/h5-11,13-15,24-25H,3-4,12,16-17H2,1-2H3,(H,30,32). The second-order valence-electron chi connectivity index (χ2n) is 10.2. The maximum atomic E-state index is 4.75. The number of allylic oxidation sites excluding steroid dienone is 1. The molecule has 176 valence electrons. The average molecular weight is 464 g/mol. The Kier molecular flexibility index (Phi) is 4.67. The maximum absolute atomic E-state index is 4.75. The van der Waals surface area contributed by atoms with Crippen molar-refractivity contribution in [3.8, 4) is 11.1 Å². The van der Waals surface area contributed by atoms with Gasteiger partial charge in [-0.15, -0.1) is 0 Å². The first-order chi connectivity index (χ1) is 17.1. The second-order valence-corrected chi connectivity index (χ2v) is 10.2. The van der Waals surface area contributed by atoms with E-state index in [1.54, 1.807) is 0 Å². The van der Waals surface area contributed by atoms with Gasteiger partial charge in [0.2, 0.25) is 0 Å². The number of hydrogen-bond donors (Lipinski definition) is 1. The van der Waals surface area contributed by atoms with Gasteiger partial charge >= 0.3 is 0 Å². The molecule has 0 radical (unpaired) electrons. The van der Waals surface area contributed by atoms with Crippen LogP contribution in [0.1, 0.15) is 24.8 Å². The Labute approximate surface area is 205 Å². The molecule has 3 fully saturated rings. The Morgan fingerprint density at radius 2 is 1.83 bits per heavy atom. The molecule has 7 heteroatoms. The van der Waals surface area contributed by atoms with E-state index in [-0.39, 0.29) is 0 Å². The first-order valence-electron chi connectivity index (χ1n) is 12.4. The van der Waals surface area contributed by atoms with Crippen molar-refractivity contribution < 1.29 is 0 Å². The van der Waals surface area contributed by atoms with Crippen LogP contribution >= 0.6 is 0 Å². The van der Waals surface area contributed by atoms with Crippen LogP contribution in [0, 0.1) is 0 Å². The predicted octanol–water partition coefficient (Wildman–Crippen LogP) is 4.54. The molecule has 7 nitrogen and oxygen atoms in total. The van der Waals surface area contributed by atoms with E-state index >= 15 is 0 Å². The molecule has 0 amide bonds. The Morgan fingerprint density at radius 1 is 0.914 bits per heavy atom. The van der Waals surface area contributed by atoms with E-state index in [0.717, 1.165) is 59.5 Å². The van der Waals surface area contributed by atoms with Gasteiger partial charge in [-0.25, -0.2) is 9.97 Å². The lowest BCUT2D eigenvalue weighted by atomic mass is 10.0. The molecule has 7 rings (SSSR count).